The van der Waals surface area contributed by atoms with Crippen LogP contribution >= 0.6 is 0 Å². The zero-order chi connectivity index (χ0) is 55.0. The highest BCUT2D eigenvalue weighted by Crippen LogP contribution is 2.19. The van der Waals surface area contributed by atoms with Crippen molar-refractivity contribution in [3.05, 3.63) is 24.3 Å². The maximum Gasteiger partial charge on any atom is 0.305 e. The molecule has 76 heavy (non-hydrogen) atoms. The first-order valence-electron chi connectivity index (χ1n) is 34.6. The van der Waals surface area contributed by atoms with E-state index in [1.54, 1.807) is 0 Å². The summed E-state index contributed by atoms with van der Waals surface area (Å²) in [6.07, 6.45) is 82.1. The molecular formula is C70H135NO5. The first-order chi connectivity index (χ1) is 37.5. The summed E-state index contributed by atoms with van der Waals surface area (Å²) < 4.78 is 5.49. The number of aliphatic hydroxyl groups excluding tert-OH is 2. The summed E-state index contributed by atoms with van der Waals surface area (Å²) >= 11 is 0. The van der Waals surface area contributed by atoms with Gasteiger partial charge in [-0.3, -0.25) is 9.59 Å². The Bertz CT molecular complexity index is 1190. The van der Waals surface area contributed by atoms with E-state index in [-0.39, 0.29) is 18.5 Å². The number of hydrogen-bond donors (Lipinski definition) is 3. The summed E-state index contributed by atoms with van der Waals surface area (Å²) in [7, 11) is 0. The molecule has 0 spiro atoms. The van der Waals surface area contributed by atoms with E-state index in [4.69, 9.17) is 4.74 Å². The maximum atomic E-state index is 12.5. The van der Waals surface area contributed by atoms with Gasteiger partial charge in [-0.2, -0.15) is 0 Å². The Hall–Kier alpha value is -1.66. The molecule has 0 radical (unpaired) electrons. The standard InChI is InChI=1S/C70H135NO5/c1-3-5-7-9-11-13-15-17-19-21-22-23-24-25-27-31-34-38-42-46-50-54-58-62-68(73)67(66-72)71-69(74)63-59-55-51-47-43-39-35-32-28-26-29-33-37-41-45-49-53-57-61-65-76-70(75)64-60-56-52-48-44-40-36-30-20-18-16-14-12-10-8-6-4-2/h12,14,18,20,67-68,72-73H,3-11,13,15-17,19,21-66H2,1-2H3,(H,71,74)/b14-12-,20-18-. The first-order valence-corrected chi connectivity index (χ1v) is 34.6. The van der Waals surface area contributed by atoms with Gasteiger partial charge in [0.15, 0.2) is 0 Å². The van der Waals surface area contributed by atoms with E-state index in [1.807, 2.05) is 0 Å². The van der Waals surface area contributed by atoms with Gasteiger partial charge in [0, 0.05) is 12.8 Å². The fourth-order valence-electron chi connectivity index (χ4n) is 11.0. The number of carbonyl (C=O) groups is 2. The number of rotatable bonds is 65. The average molecular weight is 1070 g/mol. The van der Waals surface area contributed by atoms with Gasteiger partial charge in [0.1, 0.15) is 0 Å². The summed E-state index contributed by atoms with van der Waals surface area (Å²) in [5.74, 6) is -0.0311. The van der Waals surface area contributed by atoms with Crippen molar-refractivity contribution in [2.24, 2.45) is 0 Å². The number of unbranched alkanes of at least 4 members (excludes halogenated alkanes) is 50. The second kappa shape index (κ2) is 65.9. The third-order valence-electron chi connectivity index (χ3n) is 16.3. The lowest BCUT2D eigenvalue weighted by Crippen LogP contribution is -2.45. The number of allylic oxidation sites excluding steroid dienone is 4. The first kappa shape index (κ1) is 74.3. The molecule has 3 N–H and O–H groups in total. The number of amides is 1. The minimum atomic E-state index is -0.668. The highest BCUT2D eigenvalue weighted by molar-refractivity contribution is 5.76. The Balaban J connectivity index is 3.39. The van der Waals surface area contributed by atoms with Gasteiger partial charge in [-0.25, -0.2) is 0 Å². The summed E-state index contributed by atoms with van der Waals surface area (Å²) in [5.41, 5.74) is 0. The molecule has 0 rings (SSSR count). The lowest BCUT2D eigenvalue weighted by atomic mass is 10.0. The normalized spacial score (nSPS) is 12.6. The Kier molecular flexibility index (Phi) is 64.4. The minimum absolute atomic E-state index is 0.00242. The molecule has 0 saturated heterocycles. The molecule has 0 aromatic heterocycles. The molecule has 0 aliphatic carbocycles. The highest BCUT2D eigenvalue weighted by Gasteiger charge is 2.20. The van der Waals surface area contributed by atoms with E-state index in [0.29, 0.717) is 25.9 Å². The molecule has 6 heteroatoms. The maximum absolute atomic E-state index is 12.5. The fourth-order valence-corrected chi connectivity index (χ4v) is 11.0. The summed E-state index contributed by atoms with van der Waals surface area (Å²) in [5, 5.41) is 23.4. The van der Waals surface area contributed by atoms with Gasteiger partial charge in [0.05, 0.1) is 25.4 Å². The van der Waals surface area contributed by atoms with Crippen LogP contribution in [-0.4, -0.2) is 47.4 Å². The summed E-state index contributed by atoms with van der Waals surface area (Å²) in [6, 6.07) is -0.545. The molecule has 2 unspecified atom stereocenters. The van der Waals surface area contributed by atoms with E-state index in [9.17, 15) is 19.8 Å². The van der Waals surface area contributed by atoms with Crippen molar-refractivity contribution in [1.29, 1.82) is 0 Å². The van der Waals surface area contributed by atoms with Gasteiger partial charge in [0.25, 0.3) is 0 Å². The SMILES string of the molecule is CCCCC/C=C\C/C=C\CCCCCCCCCC(=O)OCCCCCCCCCCCCCCCCCCCCCC(=O)NC(CO)C(O)CCCCCCCCCCCCCCCCCCCCCCCCC. The van der Waals surface area contributed by atoms with Gasteiger partial charge in [-0.05, 0) is 57.8 Å². The molecule has 0 saturated carbocycles. The number of carbonyl (C=O) groups excluding carboxylic acids is 2. The predicted octanol–water partition coefficient (Wildman–Crippen LogP) is 22.1. The topological polar surface area (TPSA) is 95.9 Å². The van der Waals surface area contributed by atoms with Gasteiger partial charge in [0.2, 0.25) is 5.91 Å². The number of esters is 1. The number of hydrogen-bond acceptors (Lipinski definition) is 5. The fraction of sp³-hybridized carbons (Fsp3) is 0.914. The Morgan fingerprint density at radius 1 is 0.368 bits per heavy atom. The van der Waals surface area contributed by atoms with E-state index in [0.717, 1.165) is 51.4 Å². The van der Waals surface area contributed by atoms with Crippen LogP contribution in [0.15, 0.2) is 24.3 Å². The third kappa shape index (κ3) is 61.6. The lowest BCUT2D eigenvalue weighted by molar-refractivity contribution is -0.143. The molecule has 0 heterocycles. The van der Waals surface area contributed by atoms with Crippen LogP contribution in [0, 0.1) is 0 Å². The van der Waals surface area contributed by atoms with Crippen LogP contribution in [-0.2, 0) is 14.3 Å². The second-order valence-corrected chi connectivity index (χ2v) is 23.9. The molecule has 0 aromatic rings. The molecule has 450 valence electrons. The largest absolute Gasteiger partial charge is 0.466 e. The minimum Gasteiger partial charge on any atom is -0.466 e. The van der Waals surface area contributed by atoms with Gasteiger partial charge in [-0.1, -0.05) is 340 Å². The Labute approximate surface area is 475 Å². The zero-order valence-electron chi connectivity index (χ0n) is 51.5. The molecular weight excluding hydrogens is 935 g/mol. The molecule has 0 bridgehead atoms. The van der Waals surface area contributed by atoms with E-state index in [2.05, 4.69) is 43.5 Å². The smallest absolute Gasteiger partial charge is 0.305 e. The quantitative estimate of drug-likeness (QED) is 0.0320. The highest BCUT2D eigenvalue weighted by atomic mass is 16.5. The van der Waals surface area contributed by atoms with Gasteiger partial charge >= 0.3 is 5.97 Å². The molecule has 1 amide bonds. The van der Waals surface area contributed by atoms with Crippen LogP contribution in [0.25, 0.3) is 0 Å². The van der Waals surface area contributed by atoms with Crippen molar-refractivity contribution < 1.29 is 24.5 Å². The Morgan fingerprint density at radius 3 is 1.03 bits per heavy atom. The predicted molar refractivity (Wildman–Crippen MR) is 333 cm³/mol. The van der Waals surface area contributed by atoms with Crippen LogP contribution in [0.5, 0.6) is 0 Å². The Morgan fingerprint density at radius 2 is 0.658 bits per heavy atom. The van der Waals surface area contributed by atoms with Crippen molar-refractivity contribution in [3.8, 4) is 0 Å². The monoisotopic (exact) mass is 1070 g/mol. The van der Waals surface area contributed by atoms with Crippen molar-refractivity contribution in [2.75, 3.05) is 13.2 Å². The number of aliphatic hydroxyl groups is 2. The third-order valence-corrected chi connectivity index (χ3v) is 16.3. The average Bonchev–Trinajstić information content (AvgIpc) is 3.42. The van der Waals surface area contributed by atoms with Crippen molar-refractivity contribution in [2.45, 2.75) is 398 Å². The van der Waals surface area contributed by atoms with E-state index in [1.165, 1.54) is 302 Å². The molecule has 2 atom stereocenters. The lowest BCUT2D eigenvalue weighted by Gasteiger charge is -2.22. The van der Waals surface area contributed by atoms with Crippen molar-refractivity contribution >= 4 is 11.9 Å². The number of ether oxygens (including phenoxy) is 1. The molecule has 6 nitrogen and oxygen atoms in total. The summed E-state index contributed by atoms with van der Waals surface area (Å²) in [6.45, 7) is 4.96. The van der Waals surface area contributed by atoms with Crippen LogP contribution in [0.1, 0.15) is 386 Å². The van der Waals surface area contributed by atoms with Crippen LogP contribution in [0.3, 0.4) is 0 Å². The van der Waals surface area contributed by atoms with Crippen molar-refractivity contribution in [3.63, 3.8) is 0 Å². The van der Waals surface area contributed by atoms with Gasteiger partial charge in [-0.15, -0.1) is 0 Å². The van der Waals surface area contributed by atoms with Crippen LogP contribution in [0.2, 0.25) is 0 Å². The second-order valence-electron chi connectivity index (χ2n) is 23.9. The van der Waals surface area contributed by atoms with E-state index >= 15 is 0 Å². The van der Waals surface area contributed by atoms with Crippen LogP contribution < -0.4 is 5.32 Å². The molecule has 0 aliphatic heterocycles. The molecule has 0 aromatic carbocycles. The molecule has 0 fully saturated rings. The van der Waals surface area contributed by atoms with Gasteiger partial charge < -0.3 is 20.3 Å². The van der Waals surface area contributed by atoms with Crippen LogP contribution in [0.4, 0.5) is 0 Å². The molecule has 0 aliphatic rings. The van der Waals surface area contributed by atoms with E-state index < -0.39 is 12.1 Å². The summed E-state index contributed by atoms with van der Waals surface area (Å²) in [4.78, 5) is 24.6. The van der Waals surface area contributed by atoms with Crippen molar-refractivity contribution in [1.82, 2.24) is 5.32 Å². The number of nitrogens with one attached hydrogen (secondary N) is 1. The zero-order valence-corrected chi connectivity index (χ0v) is 51.5.